The molecule has 4 nitrogen and oxygen atoms in total. The Labute approximate surface area is 154 Å². The van der Waals surface area contributed by atoms with Crippen LogP contribution in [0.2, 0.25) is 0 Å². The van der Waals surface area contributed by atoms with Gasteiger partial charge in [0.1, 0.15) is 0 Å². The molecule has 1 heterocycles. The largest absolute Gasteiger partial charge is 0.378 e. The molecule has 1 fully saturated rings. The summed E-state index contributed by atoms with van der Waals surface area (Å²) in [6, 6.07) is 0. The third-order valence-electron chi connectivity index (χ3n) is 4.22. The third kappa shape index (κ3) is 7.49. The highest BCUT2D eigenvalue weighted by molar-refractivity contribution is 14.0. The molecule has 0 aromatic carbocycles. The van der Waals surface area contributed by atoms with Crippen molar-refractivity contribution >= 4 is 29.9 Å². The lowest BCUT2D eigenvalue weighted by molar-refractivity contribution is 0.0257. The molecule has 1 rings (SSSR count). The maximum absolute atomic E-state index is 5.80. The van der Waals surface area contributed by atoms with Crippen molar-refractivity contribution in [1.29, 1.82) is 0 Å². The van der Waals surface area contributed by atoms with Crippen LogP contribution < -0.4 is 5.32 Å². The second-order valence-corrected chi connectivity index (χ2v) is 6.85. The Morgan fingerprint density at radius 1 is 1.27 bits per heavy atom. The van der Waals surface area contributed by atoms with E-state index in [1.54, 1.807) is 0 Å². The summed E-state index contributed by atoms with van der Waals surface area (Å²) in [5.74, 6) is 3.11. The van der Waals surface area contributed by atoms with Crippen LogP contribution in [0.4, 0.5) is 0 Å². The van der Waals surface area contributed by atoms with Crippen LogP contribution in [0.25, 0.3) is 0 Å². The van der Waals surface area contributed by atoms with E-state index in [-0.39, 0.29) is 24.0 Å². The number of hydrogen-bond donors (Lipinski definition) is 1. The lowest BCUT2D eigenvalue weighted by Gasteiger charge is -2.37. The summed E-state index contributed by atoms with van der Waals surface area (Å²) >= 11 is 0. The first-order valence-electron chi connectivity index (χ1n) is 8.55. The van der Waals surface area contributed by atoms with Gasteiger partial charge in [0.2, 0.25) is 0 Å². The molecule has 5 heteroatoms. The number of nitrogens with one attached hydrogen (secondary N) is 1. The van der Waals surface area contributed by atoms with Crippen molar-refractivity contribution in [1.82, 2.24) is 10.2 Å². The lowest BCUT2D eigenvalue weighted by atomic mass is 9.92. The van der Waals surface area contributed by atoms with E-state index >= 15 is 0 Å². The van der Waals surface area contributed by atoms with Gasteiger partial charge in [-0.3, -0.25) is 4.99 Å². The molecule has 132 valence electrons. The van der Waals surface area contributed by atoms with Crippen LogP contribution in [0.1, 0.15) is 47.5 Å². The molecule has 3 atom stereocenters. The SMILES string of the molecule is CCOC(CCNC(=NC)N1CC(C)CC(C)C1)C(C)C.I. The Morgan fingerprint density at radius 3 is 2.32 bits per heavy atom. The summed E-state index contributed by atoms with van der Waals surface area (Å²) in [5.41, 5.74) is 0. The average Bonchev–Trinajstić information content (AvgIpc) is 2.41. The molecule has 1 N–H and O–H groups in total. The van der Waals surface area contributed by atoms with Crippen LogP contribution in [-0.4, -0.2) is 50.3 Å². The van der Waals surface area contributed by atoms with Crippen molar-refractivity contribution in [3.8, 4) is 0 Å². The molecule has 0 aliphatic carbocycles. The number of rotatable bonds is 6. The zero-order valence-corrected chi connectivity index (χ0v) is 17.6. The van der Waals surface area contributed by atoms with E-state index in [0.29, 0.717) is 12.0 Å². The van der Waals surface area contributed by atoms with Crippen LogP contribution in [0.15, 0.2) is 4.99 Å². The normalized spacial score (nSPS) is 24.1. The monoisotopic (exact) mass is 425 g/mol. The molecule has 1 aliphatic rings. The third-order valence-corrected chi connectivity index (χ3v) is 4.22. The highest BCUT2D eigenvalue weighted by atomic mass is 127. The van der Waals surface area contributed by atoms with Crippen molar-refractivity contribution in [2.45, 2.75) is 53.6 Å². The fourth-order valence-electron chi connectivity index (χ4n) is 3.32. The van der Waals surface area contributed by atoms with Gasteiger partial charge in [0, 0.05) is 33.3 Å². The topological polar surface area (TPSA) is 36.9 Å². The van der Waals surface area contributed by atoms with E-state index in [4.69, 9.17) is 4.74 Å². The average molecular weight is 425 g/mol. The number of ether oxygens (including phenoxy) is 1. The minimum atomic E-state index is 0. The standard InChI is InChI=1S/C17H35N3O.HI/c1-7-21-16(13(2)3)8-9-19-17(18-6)20-11-14(4)10-15(5)12-20;/h13-16H,7-12H2,1-6H3,(H,18,19);1H. The molecule has 22 heavy (non-hydrogen) atoms. The fraction of sp³-hybridized carbons (Fsp3) is 0.941. The summed E-state index contributed by atoms with van der Waals surface area (Å²) in [5, 5.41) is 3.52. The predicted octanol–water partition coefficient (Wildman–Crippen LogP) is 3.61. The van der Waals surface area contributed by atoms with Gasteiger partial charge in [-0.25, -0.2) is 0 Å². The van der Waals surface area contributed by atoms with Gasteiger partial charge in [-0.05, 0) is 37.5 Å². The second kappa shape index (κ2) is 11.5. The minimum absolute atomic E-state index is 0. The summed E-state index contributed by atoms with van der Waals surface area (Å²) in [6.45, 7) is 15.1. The molecule has 1 aliphatic heterocycles. The molecular weight excluding hydrogens is 389 g/mol. The maximum atomic E-state index is 5.80. The summed E-state index contributed by atoms with van der Waals surface area (Å²) < 4.78 is 5.80. The van der Waals surface area contributed by atoms with Crippen molar-refractivity contribution in [3.05, 3.63) is 0 Å². The van der Waals surface area contributed by atoms with Gasteiger partial charge >= 0.3 is 0 Å². The molecule has 1 saturated heterocycles. The number of nitrogens with zero attached hydrogens (tertiary/aromatic N) is 2. The van der Waals surface area contributed by atoms with Gasteiger partial charge in [-0.1, -0.05) is 27.7 Å². The van der Waals surface area contributed by atoms with Gasteiger partial charge in [0.25, 0.3) is 0 Å². The van der Waals surface area contributed by atoms with Crippen molar-refractivity contribution in [3.63, 3.8) is 0 Å². The van der Waals surface area contributed by atoms with Gasteiger partial charge in [-0.15, -0.1) is 24.0 Å². The molecule has 0 aromatic heterocycles. The molecule has 0 spiro atoms. The Balaban J connectivity index is 0.00000441. The molecular formula is C17H36IN3O. The van der Waals surface area contributed by atoms with Crippen LogP contribution in [0.5, 0.6) is 0 Å². The van der Waals surface area contributed by atoms with E-state index in [0.717, 1.165) is 50.5 Å². The van der Waals surface area contributed by atoms with Gasteiger partial charge in [0.15, 0.2) is 5.96 Å². The smallest absolute Gasteiger partial charge is 0.193 e. The zero-order valence-electron chi connectivity index (χ0n) is 15.3. The first kappa shape index (κ1) is 22.0. The molecule has 3 unspecified atom stereocenters. The van der Waals surface area contributed by atoms with E-state index in [2.05, 4.69) is 49.8 Å². The number of halogens is 1. The first-order valence-corrected chi connectivity index (χ1v) is 8.55. The van der Waals surface area contributed by atoms with Crippen LogP contribution in [-0.2, 0) is 4.74 Å². The van der Waals surface area contributed by atoms with Crippen molar-refractivity contribution < 1.29 is 4.74 Å². The number of aliphatic imine (C=N–C) groups is 1. The van der Waals surface area contributed by atoms with Gasteiger partial charge in [0.05, 0.1) is 6.10 Å². The number of likely N-dealkylation sites (tertiary alicyclic amines) is 1. The second-order valence-electron chi connectivity index (χ2n) is 6.85. The summed E-state index contributed by atoms with van der Waals surface area (Å²) in [7, 11) is 1.88. The number of guanidine groups is 1. The van der Waals surface area contributed by atoms with E-state index in [1.165, 1.54) is 6.42 Å². The van der Waals surface area contributed by atoms with E-state index in [1.807, 2.05) is 7.05 Å². The van der Waals surface area contributed by atoms with Gasteiger partial charge < -0.3 is 15.0 Å². The minimum Gasteiger partial charge on any atom is -0.378 e. The number of piperidine rings is 1. The highest BCUT2D eigenvalue weighted by Gasteiger charge is 2.24. The Hall–Kier alpha value is -0.0400. The molecule has 0 radical (unpaired) electrons. The molecule has 0 bridgehead atoms. The fourth-order valence-corrected chi connectivity index (χ4v) is 3.32. The van der Waals surface area contributed by atoms with Crippen LogP contribution in [0.3, 0.4) is 0 Å². The summed E-state index contributed by atoms with van der Waals surface area (Å²) in [4.78, 5) is 6.87. The highest BCUT2D eigenvalue weighted by Crippen LogP contribution is 2.20. The van der Waals surface area contributed by atoms with E-state index < -0.39 is 0 Å². The Bertz CT molecular complexity index is 313. The Kier molecular flexibility index (Phi) is 11.5. The number of hydrogen-bond acceptors (Lipinski definition) is 2. The van der Waals surface area contributed by atoms with Crippen molar-refractivity contribution in [2.75, 3.05) is 33.3 Å². The maximum Gasteiger partial charge on any atom is 0.193 e. The quantitative estimate of drug-likeness (QED) is 0.401. The molecule has 0 saturated carbocycles. The van der Waals surface area contributed by atoms with Gasteiger partial charge in [-0.2, -0.15) is 0 Å². The predicted molar refractivity (Wildman–Crippen MR) is 106 cm³/mol. The first-order chi connectivity index (χ1) is 9.97. The van der Waals surface area contributed by atoms with E-state index in [9.17, 15) is 0 Å². The van der Waals surface area contributed by atoms with Crippen LogP contribution >= 0.6 is 24.0 Å². The lowest BCUT2D eigenvalue weighted by Crippen LogP contribution is -2.49. The Morgan fingerprint density at radius 2 is 1.86 bits per heavy atom. The molecule has 0 aromatic rings. The zero-order chi connectivity index (χ0) is 15.8. The van der Waals surface area contributed by atoms with Crippen LogP contribution in [0, 0.1) is 17.8 Å². The molecule has 0 amide bonds. The van der Waals surface area contributed by atoms with Crippen molar-refractivity contribution in [2.24, 2.45) is 22.7 Å². The summed E-state index contributed by atoms with van der Waals surface area (Å²) in [6.07, 6.45) is 2.69.